The molecule has 2 aliphatic rings. The largest absolute Gasteiger partial charge is 0.337 e. The van der Waals surface area contributed by atoms with Gasteiger partial charge in [-0.1, -0.05) is 13.8 Å². The molecule has 1 aromatic carbocycles. The Balaban J connectivity index is 1.51. The lowest BCUT2D eigenvalue weighted by Gasteiger charge is -2.30. The van der Waals surface area contributed by atoms with E-state index in [4.69, 9.17) is 15.8 Å². The molecule has 0 radical (unpaired) electrons. The van der Waals surface area contributed by atoms with Crippen LogP contribution in [0, 0.1) is 5.92 Å². The highest BCUT2D eigenvalue weighted by molar-refractivity contribution is 5.98. The van der Waals surface area contributed by atoms with E-state index in [0.717, 1.165) is 60.1 Å². The van der Waals surface area contributed by atoms with Crippen LogP contribution in [0.3, 0.4) is 0 Å². The lowest BCUT2D eigenvalue weighted by Crippen LogP contribution is -2.45. The molecule has 3 heterocycles. The van der Waals surface area contributed by atoms with Crippen LogP contribution in [0.15, 0.2) is 24.3 Å². The minimum atomic E-state index is 0.0464. The second-order valence-electron chi connectivity index (χ2n) is 9.59. The first-order valence-corrected chi connectivity index (χ1v) is 11.5. The molecule has 164 valence electrons. The van der Waals surface area contributed by atoms with Crippen molar-refractivity contribution in [2.75, 3.05) is 13.1 Å². The number of imidazole rings is 1. The van der Waals surface area contributed by atoms with Crippen molar-refractivity contribution in [2.24, 2.45) is 18.7 Å². The molecule has 0 spiro atoms. The van der Waals surface area contributed by atoms with Gasteiger partial charge in [-0.2, -0.15) is 5.10 Å². The number of hydrogen-bond acceptors (Lipinski definition) is 4. The molecule has 1 saturated carbocycles. The number of carbonyl (C=O) groups excluding carboxylic acids is 1. The summed E-state index contributed by atoms with van der Waals surface area (Å²) in [6.07, 6.45) is 4.51. The van der Waals surface area contributed by atoms with Gasteiger partial charge in [0.15, 0.2) is 5.82 Å². The fraction of sp³-hybridized carbons (Fsp3) is 0.542. The summed E-state index contributed by atoms with van der Waals surface area (Å²) in [7, 11) is 2.04. The number of nitrogens with two attached hydrogens (primary N) is 1. The second kappa shape index (κ2) is 7.79. The van der Waals surface area contributed by atoms with Crippen molar-refractivity contribution >= 4 is 16.9 Å². The molecule has 2 N–H and O–H groups in total. The van der Waals surface area contributed by atoms with E-state index in [9.17, 15) is 4.79 Å². The van der Waals surface area contributed by atoms with Crippen LogP contribution in [0.2, 0.25) is 0 Å². The van der Waals surface area contributed by atoms with Gasteiger partial charge in [-0.3, -0.25) is 9.48 Å². The van der Waals surface area contributed by atoms with Gasteiger partial charge < -0.3 is 15.2 Å². The number of aryl methyl sites for hydroxylation is 1. The number of rotatable bonds is 5. The molecule has 1 saturated heterocycles. The molecule has 1 atom stereocenters. The van der Waals surface area contributed by atoms with Crippen molar-refractivity contribution < 1.29 is 4.79 Å². The summed E-state index contributed by atoms with van der Waals surface area (Å²) in [4.78, 5) is 19.9. The number of nitrogens with zero attached hydrogens (tertiary/aromatic N) is 5. The average molecular weight is 421 g/mol. The third-order valence-electron chi connectivity index (χ3n) is 6.62. The molecule has 0 unspecified atom stereocenters. The van der Waals surface area contributed by atoms with Crippen molar-refractivity contribution in [3.05, 3.63) is 35.5 Å². The molecule has 1 aliphatic heterocycles. The zero-order valence-electron chi connectivity index (χ0n) is 18.7. The maximum absolute atomic E-state index is 13.0. The Morgan fingerprint density at radius 1 is 1.23 bits per heavy atom. The minimum absolute atomic E-state index is 0.0464. The number of aromatic nitrogens is 4. The lowest BCUT2D eigenvalue weighted by molar-refractivity contribution is 0.0709. The summed E-state index contributed by atoms with van der Waals surface area (Å²) in [5.74, 6) is 2.05. The monoisotopic (exact) mass is 420 g/mol. The van der Waals surface area contributed by atoms with Gasteiger partial charge >= 0.3 is 0 Å². The molecule has 7 nitrogen and oxygen atoms in total. The minimum Gasteiger partial charge on any atom is -0.337 e. The van der Waals surface area contributed by atoms with Crippen LogP contribution in [0.1, 0.15) is 61.5 Å². The Morgan fingerprint density at radius 3 is 2.74 bits per heavy atom. The van der Waals surface area contributed by atoms with Crippen LogP contribution in [0.5, 0.6) is 0 Å². The van der Waals surface area contributed by atoms with Crippen LogP contribution in [0.4, 0.5) is 0 Å². The summed E-state index contributed by atoms with van der Waals surface area (Å²) in [6.45, 7) is 6.70. The van der Waals surface area contributed by atoms with Gasteiger partial charge in [0.1, 0.15) is 5.69 Å². The van der Waals surface area contributed by atoms with Crippen molar-refractivity contribution in [3.8, 4) is 11.5 Å². The SMILES string of the molecule is CC(C)c1cc(-c2nc3cc(C(=O)N4CCC[C@@H](N)C4)ccc3n2C)n(CC2CC2)n1. The fourth-order valence-electron chi connectivity index (χ4n) is 4.52. The highest BCUT2D eigenvalue weighted by atomic mass is 16.2. The Labute approximate surface area is 183 Å². The van der Waals surface area contributed by atoms with Gasteiger partial charge in [0.2, 0.25) is 0 Å². The molecule has 2 aromatic heterocycles. The van der Waals surface area contributed by atoms with E-state index in [-0.39, 0.29) is 11.9 Å². The van der Waals surface area contributed by atoms with Gasteiger partial charge in [-0.15, -0.1) is 0 Å². The molecule has 1 amide bonds. The summed E-state index contributed by atoms with van der Waals surface area (Å²) < 4.78 is 4.25. The zero-order valence-corrected chi connectivity index (χ0v) is 18.7. The van der Waals surface area contributed by atoms with E-state index in [1.807, 2.05) is 30.1 Å². The molecule has 1 aliphatic carbocycles. The Bertz CT molecular complexity index is 1120. The molecule has 3 aromatic rings. The molecule has 31 heavy (non-hydrogen) atoms. The molecule has 7 heteroatoms. The molecular formula is C24H32N6O. The van der Waals surface area contributed by atoms with Crippen molar-refractivity contribution in [3.63, 3.8) is 0 Å². The molecule has 2 fully saturated rings. The predicted molar refractivity (Wildman–Crippen MR) is 122 cm³/mol. The van der Waals surface area contributed by atoms with E-state index in [1.165, 1.54) is 12.8 Å². The standard InChI is InChI=1S/C24H32N6O/c1-15(2)19-12-22(30(27-19)13-16-6-7-16)23-26-20-11-17(8-9-21(20)28(23)3)24(31)29-10-4-5-18(25)14-29/h8-9,11-12,15-16,18H,4-7,10,13-14,25H2,1-3H3/t18-/m1/s1. The van der Waals surface area contributed by atoms with Gasteiger partial charge in [0.25, 0.3) is 5.91 Å². The first-order chi connectivity index (χ1) is 14.9. The first-order valence-electron chi connectivity index (χ1n) is 11.5. The van der Waals surface area contributed by atoms with Crippen molar-refractivity contribution in [2.45, 2.75) is 58.0 Å². The highest BCUT2D eigenvalue weighted by Crippen LogP contribution is 2.34. The summed E-state index contributed by atoms with van der Waals surface area (Å²) in [5.41, 5.74) is 10.8. The average Bonchev–Trinajstić information content (AvgIpc) is 3.37. The van der Waals surface area contributed by atoms with E-state index in [1.54, 1.807) is 0 Å². The van der Waals surface area contributed by atoms with Crippen LogP contribution >= 0.6 is 0 Å². The Morgan fingerprint density at radius 2 is 2.03 bits per heavy atom. The third kappa shape index (κ3) is 3.87. The van der Waals surface area contributed by atoms with Crippen molar-refractivity contribution in [1.29, 1.82) is 0 Å². The van der Waals surface area contributed by atoms with Gasteiger partial charge in [-0.05, 0) is 61.8 Å². The van der Waals surface area contributed by atoms with Crippen molar-refractivity contribution in [1.82, 2.24) is 24.2 Å². The van der Waals surface area contributed by atoms with Crippen LogP contribution in [-0.2, 0) is 13.6 Å². The predicted octanol–water partition coefficient (Wildman–Crippen LogP) is 3.53. The number of fused-ring (bicyclic) bond motifs is 1. The number of piperidine rings is 1. The lowest BCUT2D eigenvalue weighted by atomic mass is 10.1. The zero-order chi connectivity index (χ0) is 21.7. The van der Waals surface area contributed by atoms with Gasteiger partial charge in [-0.25, -0.2) is 4.98 Å². The van der Waals surface area contributed by atoms with E-state index in [2.05, 4.69) is 29.2 Å². The Kier molecular flexibility index (Phi) is 5.08. The molecule has 5 rings (SSSR count). The van der Waals surface area contributed by atoms with Crippen LogP contribution in [-0.4, -0.2) is 49.3 Å². The maximum atomic E-state index is 13.0. The quantitative estimate of drug-likeness (QED) is 0.685. The number of likely N-dealkylation sites (tertiary alicyclic amines) is 1. The summed E-state index contributed by atoms with van der Waals surface area (Å²) >= 11 is 0. The molecular weight excluding hydrogens is 388 g/mol. The summed E-state index contributed by atoms with van der Waals surface area (Å²) in [6, 6.07) is 8.09. The van der Waals surface area contributed by atoms with Gasteiger partial charge in [0.05, 0.1) is 16.7 Å². The van der Waals surface area contributed by atoms with E-state index in [0.29, 0.717) is 18.0 Å². The number of benzene rings is 1. The van der Waals surface area contributed by atoms with E-state index < -0.39 is 0 Å². The first kappa shape index (κ1) is 20.2. The fourth-order valence-corrected chi connectivity index (χ4v) is 4.52. The normalized spacial score (nSPS) is 19.5. The number of hydrogen-bond donors (Lipinski definition) is 1. The van der Waals surface area contributed by atoms with Gasteiger partial charge in [0, 0.05) is 38.3 Å². The summed E-state index contributed by atoms with van der Waals surface area (Å²) in [5, 5.41) is 4.88. The number of carbonyl (C=O) groups is 1. The van der Waals surface area contributed by atoms with Crippen LogP contribution < -0.4 is 5.73 Å². The smallest absolute Gasteiger partial charge is 0.253 e. The second-order valence-corrected chi connectivity index (χ2v) is 9.59. The third-order valence-corrected chi connectivity index (χ3v) is 6.62. The molecule has 0 bridgehead atoms. The highest BCUT2D eigenvalue weighted by Gasteiger charge is 2.26. The number of amides is 1. The topological polar surface area (TPSA) is 82.0 Å². The Hall–Kier alpha value is -2.67. The maximum Gasteiger partial charge on any atom is 0.253 e. The van der Waals surface area contributed by atoms with Crippen LogP contribution in [0.25, 0.3) is 22.6 Å². The van der Waals surface area contributed by atoms with E-state index >= 15 is 0 Å².